The highest BCUT2D eigenvalue weighted by molar-refractivity contribution is 5.90. The van der Waals surface area contributed by atoms with Gasteiger partial charge in [-0.15, -0.1) is 0 Å². The van der Waals surface area contributed by atoms with Crippen LogP contribution in [0.15, 0.2) is 11.6 Å². The van der Waals surface area contributed by atoms with E-state index in [1.54, 1.807) is 0 Å². The first-order valence-corrected chi connectivity index (χ1v) is 19.4. The molecular weight excluding hydrogens is 580 g/mol. The first-order chi connectivity index (χ1) is 22.4. The lowest BCUT2D eigenvalue weighted by Gasteiger charge is -2.26. The highest BCUT2D eigenvalue weighted by Crippen LogP contribution is 2.35. The average molecular weight is 649 g/mol. The quantitative estimate of drug-likeness (QED) is 0.0738. The van der Waals surface area contributed by atoms with Gasteiger partial charge in [-0.3, -0.25) is 4.79 Å². The summed E-state index contributed by atoms with van der Waals surface area (Å²) in [6.07, 6.45) is 29.6. The van der Waals surface area contributed by atoms with Gasteiger partial charge < -0.3 is 24.1 Å². The van der Waals surface area contributed by atoms with Crippen molar-refractivity contribution in [1.29, 1.82) is 0 Å². The summed E-state index contributed by atoms with van der Waals surface area (Å²) in [7, 11) is 0. The maximum absolute atomic E-state index is 11.8. The Labute approximate surface area is 280 Å². The minimum absolute atomic E-state index is 0.0331. The standard InChI is InChI=1S/C39H68O7/c1-4-5-6-7-8-15-18-21-24-35(44-31(3)40)36-27-28-38(46-36)37-26-25-34(45-37)33(41)23-20-17-14-12-10-9-11-13-16-19-22-32-29-30(2)43-39(32)42/h29-30,33-38,41H,4-28H2,1-3H3/t30-,33-,34+,35+,36+,37+,38+/m0/s1. The van der Waals surface area contributed by atoms with Crippen molar-refractivity contribution in [2.75, 3.05) is 0 Å². The van der Waals surface area contributed by atoms with Crippen molar-refractivity contribution in [2.24, 2.45) is 0 Å². The topological polar surface area (TPSA) is 91.3 Å². The van der Waals surface area contributed by atoms with Crippen LogP contribution in [-0.2, 0) is 28.5 Å². The van der Waals surface area contributed by atoms with Gasteiger partial charge in [0, 0.05) is 12.5 Å². The Bertz CT molecular complexity index is 872. The third-order valence-corrected chi connectivity index (χ3v) is 10.3. The molecule has 0 radical (unpaired) electrons. The van der Waals surface area contributed by atoms with E-state index in [9.17, 15) is 14.7 Å². The fourth-order valence-corrected chi connectivity index (χ4v) is 7.58. The van der Waals surface area contributed by atoms with Gasteiger partial charge in [-0.25, -0.2) is 4.79 Å². The molecule has 0 bridgehead atoms. The monoisotopic (exact) mass is 648 g/mol. The molecule has 3 aliphatic heterocycles. The van der Waals surface area contributed by atoms with E-state index >= 15 is 0 Å². The van der Waals surface area contributed by atoms with Gasteiger partial charge in [0.1, 0.15) is 12.2 Å². The highest BCUT2D eigenvalue weighted by atomic mass is 16.6. The van der Waals surface area contributed by atoms with Crippen molar-refractivity contribution >= 4 is 11.9 Å². The van der Waals surface area contributed by atoms with E-state index in [2.05, 4.69) is 6.92 Å². The number of carbonyl (C=O) groups excluding carboxylic acids is 2. The Morgan fingerprint density at radius 2 is 1.26 bits per heavy atom. The van der Waals surface area contributed by atoms with Crippen LogP contribution >= 0.6 is 0 Å². The lowest BCUT2D eigenvalue weighted by Crippen LogP contribution is -2.34. The number of rotatable bonds is 26. The molecule has 2 saturated heterocycles. The summed E-state index contributed by atoms with van der Waals surface area (Å²) in [5.41, 5.74) is 0.864. The number of hydrogen-bond acceptors (Lipinski definition) is 7. The molecule has 0 aromatic carbocycles. The Balaban J connectivity index is 1.18. The molecule has 3 rings (SSSR count). The van der Waals surface area contributed by atoms with Gasteiger partial charge in [0.05, 0.1) is 30.5 Å². The fraction of sp³-hybridized carbons (Fsp3) is 0.897. The van der Waals surface area contributed by atoms with Crippen LogP contribution in [-0.4, -0.2) is 59.8 Å². The highest BCUT2D eigenvalue weighted by Gasteiger charge is 2.41. The van der Waals surface area contributed by atoms with Gasteiger partial charge in [0.2, 0.25) is 0 Å². The summed E-state index contributed by atoms with van der Waals surface area (Å²) in [5.74, 6) is -0.342. The maximum atomic E-state index is 11.8. The molecule has 0 aliphatic carbocycles. The molecule has 0 aromatic heterocycles. The first-order valence-electron chi connectivity index (χ1n) is 19.4. The molecule has 0 aromatic rings. The molecule has 3 aliphatic rings. The predicted molar refractivity (Wildman–Crippen MR) is 184 cm³/mol. The van der Waals surface area contributed by atoms with Crippen LogP contribution in [0.1, 0.15) is 181 Å². The molecule has 266 valence electrons. The van der Waals surface area contributed by atoms with E-state index in [1.807, 2.05) is 13.0 Å². The zero-order valence-corrected chi connectivity index (χ0v) is 29.7. The summed E-state index contributed by atoms with van der Waals surface area (Å²) in [4.78, 5) is 23.5. The molecular formula is C39H68O7. The summed E-state index contributed by atoms with van der Waals surface area (Å²) in [6, 6.07) is 0. The molecule has 46 heavy (non-hydrogen) atoms. The Morgan fingerprint density at radius 1 is 0.761 bits per heavy atom. The van der Waals surface area contributed by atoms with E-state index in [4.69, 9.17) is 18.9 Å². The van der Waals surface area contributed by atoms with Crippen LogP contribution in [0, 0.1) is 0 Å². The van der Waals surface area contributed by atoms with Gasteiger partial charge in [-0.1, -0.05) is 110 Å². The molecule has 1 N–H and O–H groups in total. The van der Waals surface area contributed by atoms with Crippen molar-refractivity contribution in [2.45, 2.75) is 224 Å². The Hall–Kier alpha value is -1.44. The normalized spacial score (nSPS) is 25.9. The number of aliphatic hydroxyl groups is 1. The van der Waals surface area contributed by atoms with Crippen LogP contribution in [0.5, 0.6) is 0 Å². The molecule has 2 fully saturated rings. The molecule has 0 unspecified atom stereocenters. The average Bonchev–Trinajstić information content (AvgIpc) is 3.78. The van der Waals surface area contributed by atoms with Crippen molar-refractivity contribution in [1.82, 2.24) is 0 Å². The minimum atomic E-state index is -0.400. The van der Waals surface area contributed by atoms with Crippen molar-refractivity contribution in [3.63, 3.8) is 0 Å². The van der Waals surface area contributed by atoms with Crippen LogP contribution in [0.4, 0.5) is 0 Å². The van der Waals surface area contributed by atoms with Crippen LogP contribution in [0.25, 0.3) is 0 Å². The van der Waals surface area contributed by atoms with Gasteiger partial charge >= 0.3 is 11.9 Å². The smallest absolute Gasteiger partial charge is 0.334 e. The molecule has 7 heteroatoms. The Kier molecular flexibility index (Phi) is 19.5. The zero-order chi connectivity index (χ0) is 33.0. The molecule has 7 atom stereocenters. The van der Waals surface area contributed by atoms with Crippen molar-refractivity contribution in [3.05, 3.63) is 11.6 Å². The second kappa shape index (κ2) is 23.0. The number of ether oxygens (including phenoxy) is 4. The van der Waals surface area contributed by atoms with Gasteiger partial charge in [0.15, 0.2) is 0 Å². The van der Waals surface area contributed by atoms with E-state index in [0.29, 0.717) is 0 Å². The third-order valence-electron chi connectivity index (χ3n) is 10.3. The molecule has 3 heterocycles. The first kappa shape index (κ1) is 39.0. The maximum Gasteiger partial charge on any atom is 0.334 e. The number of unbranched alkanes of at least 4 members (excludes halogenated alkanes) is 16. The summed E-state index contributed by atoms with van der Waals surface area (Å²) < 4.78 is 23.7. The minimum Gasteiger partial charge on any atom is -0.460 e. The van der Waals surface area contributed by atoms with Crippen LogP contribution in [0.3, 0.4) is 0 Å². The van der Waals surface area contributed by atoms with Crippen molar-refractivity contribution < 1.29 is 33.6 Å². The Morgan fingerprint density at radius 3 is 1.80 bits per heavy atom. The summed E-state index contributed by atoms with van der Waals surface area (Å²) >= 11 is 0. The lowest BCUT2D eigenvalue weighted by atomic mass is 10.00. The van der Waals surface area contributed by atoms with Crippen LogP contribution < -0.4 is 0 Å². The SMILES string of the molecule is CCCCCCCCCC[C@@H](OC(C)=O)[C@H]1CC[C@H]([C@H]2CC[C@H]([C@@H](O)CCCCCCCCCCCCC3=C[C@H](C)OC3=O)O2)O1. The molecule has 0 amide bonds. The summed E-state index contributed by atoms with van der Waals surface area (Å²) in [5, 5.41) is 10.8. The molecule has 0 saturated carbocycles. The van der Waals surface area contributed by atoms with E-state index in [0.717, 1.165) is 69.8 Å². The zero-order valence-electron chi connectivity index (χ0n) is 29.7. The van der Waals surface area contributed by atoms with Gasteiger partial charge in [0.25, 0.3) is 0 Å². The second-order valence-electron chi connectivity index (χ2n) is 14.4. The van der Waals surface area contributed by atoms with Gasteiger partial charge in [-0.05, 0) is 70.8 Å². The van der Waals surface area contributed by atoms with E-state index < -0.39 is 6.10 Å². The van der Waals surface area contributed by atoms with E-state index in [1.165, 1.54) is 103 Å². The number of esters is 2. The number of hydrogen-bond donors (Lipinski definition) is 1. The molecule has 0 spiro atoms. The van der Waals surface area contributed by atoms with Crippen molar-refractivity contribution in [3.8, 4) is 0 Å². The third kappa shape index (κ3) is 15.2. The summed E-state index contributed by atoms with van der Waals surface area (Å²) in [6.45, 7) is 5.67. The predicted octanol–water partition coefficient (Wildman–Crippen LogP) is 9.46. The number of aliphatic hydroxyl groups excluding tert-OH is 1. The lowest BCUT2D eigenvalue weighted by molar-refractivity contribution is -0.158. The van der Waals surface area contributed by atoms with Crippen LogP contribution in [0.2, 0.25) is 0 Å². The largest absolute Gasteiger partial charge is 0.460 e. The number of cyclic esters (lactones) is 1. The molecule has 7 nitrogen and oxygen atoms in total. The van der Waals surface area contributed by atoms with Gasteiger partial charge in [-0.2, -0.15) is 0 Å². The number of carbonyl (C=O) groups is 2. The van der Waals surface area contributed by atoms with E-state index in [-0.39, 0.29) is 48.6 Å². The second-order valence-corrected chi connectivity index (χ2v) is 14.4. The fourth-order valence-electron chi connectivity index (χ4n) is 7.58.